The molecule has 0 aromatic heterocycles. The summed E-state index contributed by atoms with van der Waals surface area (Å²) in [5.41, 5.74) is 2.97. The summed E-state index contributed by atoms with van der Waals surface area (Å²) in [6.45, 7) is 0.924. The van der Waals surface area contributed by atoms with Crippen LogP contribution in [0.25, 0.3) is 6.08 Å². The number of thiocarbonyl (C=S) groups is 1. The Balaban J connectivity index is 1.49. The van der Waals surface area contributed by atoms with Crippen LogP contribution in [0, 0.1) is 0 Å². The van der Waals surface area contributed by atoms with Gasteiger partial charge in [0.15, 0.2) is 11.5 Å². The van der Waals surface area contributed by atoms with Gasteiger partial charge in [-0.3, -0.25) is 9.69 Å². The lowest BCUT2D eigenvalue weighted by molar-refractivity contribution is -0.122. The van der Waals surface area contributed by atoms with E-state index in [2.05, 4.69) is 0 Å². The molecule has 6 heteroatoms. The van der Waals surface area contributed by atoms with Crippen LogP contribution >= 0.6 is 24.0 Å². The van der Waals surface area contributed by atoms with Crippen LogP contribution in [0.2, 0.25) is 0 Å². The SMILES string of the molecule is COc1cc(/C=C2/SC(=S)N(Cc3ccccc3)C2=O)ccc1OCc1ccccc1. The molecule has 4 nitrogen and oxygen atoms in total. The third-order valence-electron chi connectivity index (χ3n) is 4.78. The summed E-state index contributed by atoms with van der Waals surface area (Å²) in [5.74, 6) is 1.19. The first kappa shape index (κ1) is 21.2. The van der Waals surface area contributed by atoms with Crippen molar-refractivity contribution in [2.75, 3.05) is 7.11 Å². The molecule has 0 saturated carbocycles. The fourth-order valence-corrected chi connectivity index (χ4v) is 4.44. The Kier molecular flexibility index (Phi) is 6.70. The van der Waals surface area contributed by atoms with E-state index in [-0.39, 0.29) is 5.91 Å². The average Bonchev–Trinajstić information content (AvgIpc) is 3.06. The molecular formula is C25H21NO3S2. The van der Waals surface area contributed by atoms with E-state index in [0.717, 1.165) is 16.7 Å². The number of benzene rings is 3. The molecule has 0 bridgehead atoms. The average molecular weight is 448 g/mol. The van der Waals surface area contributed by atoms with E-state index in [0.29, 0.717) is 33.9 Å². The highest BCUT2D eigenvalue weighted by atomic mass is 32.2. The lowest BCUT2D eigenvalue weighted by atomic mass is 10.1. The van der Waals surface area contributed by atoms with Gasteiger partial charge in [0.1, 0.15) is 10.9 Å². The number of thioether (sulfide) groups is 1. The molecule has 0 aliphatic carbocycles. The number of rotatable bonds is 7. The van der Waals surface area contributed by atoms with Crippen LogP contribution < -0.4 is 9.47 Å². The van der Waals surface area contributed by atoms with Gasteiger partial charge in [-0.15, -0.1) is 0 Å². The van der Waals surface area contributed by atoms with E-state index < -0.39 is 0 Å². The minimum atomic E-state index is -0.0813. The summed E-state index contributed by atoms with van der Waals surface area (Å²) < 4.78 is 12.0. The van der Waals surface area contributed by atoms with E-state index in [4.69, 9.17) is 21.7 Å². The third-order valence-corrected chi connectivity index (χ3v) is 6.16. The van der Waals surface area contributed by atoms with Crippen molar-refractivity contribution in [2.45, 2.75) is 13.2 Å². The van der Waals surface area contributed by atoms with Crippen molar-refractivity contribution in [2.24, 2.45) is 0 Å². The summed E-state index contributed by atoms with van der Waals surface area (Å²) in [6.07, 6.45) is 1.84. The van der Waals surface area contributed by atoms with Crippen molar-refractivity contribution < 1.29 is 14.3 Å². The van der Waals surface area contributed by atoms with Crippen molar-refractivity contribution in [3.05, 3.63) is 100 Å². The van der Waals surface area contributed by atoms with E-state index in [1.807, 2.05) is 84.9 Å². The van der Waals surface area contributed by atoms with Crippen LogP contribution in [-0.2, 0) is 17.9 Å². The van der Waals surface area contributed by atoms with Gasteiger partial charge in [0, 0.05) is 0 Å². The zero-order chi connectivity index (χ0) is 21.6. The normalized spacial score (nSPS) is 14.9. The Morgan fingerprint density at radius 1 is 0.935 bits per heavy atom. The van der Waals surface area contributed by atoms with Crippen LogP contribution in [0.4, 0.5) is 0 Å². The molecule has 1 aliphatic rings. The predicted octanol–water partition coefficient (Wildman–Crippen LogP) is 5.68. The van der Waals surface area contributed by atoms with E-state index >= 15 is 0 Å². The summed E-state index contributed by atoms with van der Waals surface area (Å²) in [7, 11) is 1.60. The van der Waals surface area contributed by atoms with Crippen LogP contribution in [0.3, 0.4) is 0 Å². The lowest BCUT2D eigenvalue weighted by Crippen LogP contribution is -2.27. The number of hydrogen-bond acceptors (Lipinski definition) is 5. The van der Waals surface area contributed by atoms with Gasteiger partial charge < -0.3 is 9.47 Å². The van der Waals surface area contributed by atoms with Gasteiger partial charge in [0.2, 0.25) is 0 Å². The highest BCUT2D eigenvalue weighted by molar-refractivity contribution is 8.26. The second-order valence-corrected chi connectivity index (χ2v) is 8.61. The zero-order valence-corrected chi connectivity index (χ0v) is 18.6. The fraction of sp³-hybridized carbons (Fsp3) is 0.120. The number of nitrogens with zero attached hydrogens (tertiary/aromatic N) is 1. The molecule has 0 atom stereocenters. The van der Waals surface area contributed by atoms with Crippen LogP contribution in [0.1, 0.15) is 16.7 Å². The van der Waals surface area contributed by atoms with Gasteiger partial charge in [-0.25, -0.2) is 0 Å². The molecule has 3 aromatic carbocycles. The third kappa shape index (κ3) is 5.16. The van der Waals surface area contributed by atoms with Crippen molar-refractivity contribution in [1.29, 1.82) is 0 Å². The summed E-state index contributed by atoms with van der Waals surface area (Å²) in [4.78, 5) is 15.1. The number of amides is 1. The predicted molar refractivity (Wildman–Crippen MR) is 129 cm³/mol. The Bertz CT molecular complexity index is 1110. The first-order valence-corrected chi connectivity index (χ1v) is 11.0. The van der Waals surface area contributed by atoms with Gasteiger partial charge >= 0.3 is 0 Å². The maximum Gasteiger partial charge on any atom is 0.266 e. The van der Waals surface area contributed by atoms with Gasteiger partial charge in [0.25, 0.3) is 5.91 Å². The molecule has 1 saturated heterocycles. The van der Waals surface area contributed by atoms with E-state index in [1.54, 1.807) is 12.0 Å². The zero-order valence-electron chi connectivity index (χ0n) is 17.0. The molecule has 0 spiro atoms. The van der Waals surface area contributed by atoms with Crippen LogP contribution in [-0.4, -0.2) is 22.2 Å². The molecule has 3 aromatic rings. The second-order valence-electron chi connectivity index (χ2n) is 6.94. The first-order valence-electron chi connectivity index (χ1n) is 9.78. The highest BCUT2D eigenvalue weighted by Gasteiger charge is 2.32. The molecule has 1 heterocycles. The summed E-state index contributed by atoms with van der Waals surface area (Å²) >= 11 is 6.76. The molecule has 31 heavy (non-hydrogen) atoms. The molecular weight excluding hydrogens is 426 g/mol. The number of methoxy groups -OCH3 is 1. The van der Waals surface area contributed by atoms with Crippen molar-refractivity contribution in [3.63, 3.8) is 0 Å². The first-order chi connectivity index (χ1) is 15.1. The molecule has 1 fully saturated rings. The molecule has 1 amide bonds. The second kappa shape index (κ2) is 9.81. The van der Waals surface area contributed by atoms with Gasteiger partial charge in [-0.05, 0) is 34.9 Å². The minimum Gasteiger partial charge on any atom is -0.493 e. The van der Waals surface area contributed by atoms with Crippen LogP contribution in [0.5, 0.6) is 11.5 Å². The number of carbonyl (C=O) groups is 1. The largest absolute Gasteiger partial charge is 0.493 e. The summed E-state index contributed by atoms with van der Waals surface area (Å²) in [6, 6.07) is 25.4. The van der Waals surface area contributed by atoms with Gasteiger partial charge in [0.05, 0.1) is 18.6 Å². The lowest BCUT2D eigenvalue weighted by Gasteiger charge is -2.14. The Morgan fingerprint density at radius 3 is 2.29 bits per heavy atom. The molecule has 0 N–H and O–H groups in total. The highest BCUT2D eigenvalue weighted by Crippen LogP contribution is 2.35. The van der Waals surface area contributed by atoms with Gasteiger partial charge in [-0.1, -0.05) is 90.7 Å². The quantitative estimate of drug-likeness (QED) is 0.344. The van der Waals surface area contributed by atoms with E-state index in [9.17, 15) is 4.79 Å². The Hall–Kier alpha value is -3.09. The maximum absolute atomic E-state index is 12.9. The molecule has 0 radical (unpaired) electrons. The van der Waals surface area contributed by atoms with Crippen molar-refractivity contribution in [3.8, 4) is 11.5 Å². The molecule has 4 rings (SSSR count). The smallest absolute Gasteiger partial charge is 0.266 e. The van der Waals surface area contributed by atoms with E-state index in [1.165, 1.54) is 11.8 Å². The summed E-state index contributed by atoms with van der Waals surface area (Å²) in [5, 5.41) is 0. The fourth-order valence-electron chi connectivity index (χ4n) is 3.18. The molecule has 0 unspecified atom stereocenters. The molecule has 156 valence electrons. The topological polar surface area (TPSA) is 38.8 Å². The monoisotopic (exact) mass is 447 g/mol. The Labute approximate surface area is 191 Å². The standard InChI is InChI=1S/C25H21NO3S2/c1-28-22-14-20(12-13-21(22)29-17-19-10-6-3-7-11-19)15-23-24(27)26(25(30)31-23)16-18-8-4-2-5-9-18/h2-15H,16-17H2,1H3/b23-15+. The number of hydrogen-bond donors (Lipinski definition) is 0. The van der Waals surface area contributed by atoms with Crippen molar-refractivity contribution in [1.82, 2.24) is 4.90 Å². The van der Waals surface area contributed by atoms with Crippen LogP contribution in [0.15, 0.2) is 83.8 Å². The maximum atomic E-state index is 12.9. The number of ether oxygens (including phenoxy) is 2. The van der Waals surface area contributed by atoms with Crippen molar-refractivity contribution >= 4 is 40.3 Å². The molecule has 1 aliphatic heterocycles. The Morgan fingerprint density at radius 2 is 1.61 bits per heavy atom. The number of carbonyl (C=O) groups excluding carboxylic acids is 1. The minimum absolute atomic E-state index is 0.0813. The van der Waals surface area contributed by atoms with Gasteiger partial charge in [-0.2, -0.15) is 0 Å².